The van der Waals surface area contributed by atoms with Crippen molar-refractivity contribution in [1.29, 1.82) is 0 Å². The van der Waals surface area contributed by atoms with E-state index in [-0.39, 0.29) is 35.5 Å². The molecule has 5 heteroatoms. The molecule has 0 bridgehead atoms. The first kappa shape index (κ1) is 17.9. The first-order valence-corrected chi connectivity index (χ1v) is 10.1. The molecule has 3 amide bonds. The van der Waals surface area contributed by atoms with Gasteiger partial charge in [0.05, 0.1) is 11.8 Å². The van der Waals surface area contributed by atoms with Gasteiger partial charge in [0.25, 0.3) is 11.8 Å². The molecule has 5 rings (SSSR count). The van der Waals surface area contributed by atoms with Crippen molar-refractivity contribution in [1.82, 2.24) is 10.4 Å². The van der Waals surface area contributed by atoms with E-state index in [4.69, 9.17) is 0 Å². The molecule has 2 aromatic rings. The van der Waals surface area contributed by atoms with E-state index >= 15 is 0 Å². The van der Waals surface area contributed by atoms with Crippen molar-refractivity contribution in [3.63, 3.8) is 0 Å². The third-order valence-corrected chi connectivity index (χ3v) is 6.24. The van der Waals surface area contributed by atoms with Crippen molar-refractivity contribution in [3.05, 3.63) is 83.9 Å². The van der Waals surface area contributed by atoms with Gasteiger partial charge in [-0.25, -0.2) is 0 Å². The number of rotatable bonds is 4. The van der Waals surface area contributed by atoms with E-state index in [1.54, 1.807) is 0 Å². The molecule has 3 aliphatic rings. The number of benzene rings is 2. The lowest BCUT2D eigenvalue weighted by molar-refractivity contribution is -0.149. The van der Waals surface area contributed by atoms with Crippen LogP contribution in [0.3, 0.4) is 0 Å². The Hall–Kier alpha value is -3.21. The number of hydrogen-bond donors (Lipinski definition) is 1. The van der Waals surface area contributed by atoms with Crippen molar-refractivity contribution in [3.8, 4) is 0 Å². The van der Waals surface area contributed by atoms with Gasteiger partial charge in [-0.3, -0.25) is 19.8 Å². The standard InChI is InChI=1S/C24H22N2O3/c27-22(17-11-12-17)25-26-23(28)20-18(15-7-3-1-4-8-15)13-14-19(21(20)24(26)29)16-9-5-2-6-10-16/h1-10,13-14,17-21H,11-12H2,(H,25,27)/t18-,19+,20+,21-. The summed E-state index contributed by atoms with van der Waals surface area (Å²) in [6.45, 7) is 0. The Labute approximate surface area is 169 Å². The van der Waals surface area contributed by atoms with Crippen molar-refractivity contribution in [2.24, 2.45) is 17.8 Å². The van der Waals surface area contributed by atoms with Crippen molar-refractivity contribution in [2.45, 2.75) is 24.7 Å². The first-order valence-electron chi connectivity index (χ1n) is 10.1. The highest BCUT2D eigenvalue weighted by Crippen LogP contribution is 2.48. The van der Waals surface area contributed by atoms with Crippen LogP contribution in [-0.4, -0.2) is 22.7 Å². The normalized spacial score (nSPS) is 28.3. The van der Waals surface area contributed by atoms with E-state index in [2.05, 4.69) is 5.43 Å². The third kappa shape index (κ3) is 3.07. The second kappa shape index (κ2) is 6.99. The van der Waals surface area contributed by atoms with Crippen LogP contribution in [0.25, 0.3) is 0 Å². The Morgan fingerprint density at radius 3 is 1.62 bits per heavy atom. The average molecular weight is 386 g/mol. The number of nitrogens with one attached hydrogen (secondary N) is 1. The second-order valence-corrected chi connectivity index (χ2v) is 8.07. The Morgan fingerprint density at radius 1 is 0.759 bits per heavy atom. The van der Waals surface area contributed by atoms with Crippen LogP contribution in [0.15, 0.2) is 72.8 Å². The maximum absolute atomic E-state index is 13.3. The molecule has 1 saturated carbocycles. The molecular formula is C24H22N2O3. The minimum atomic E-state index is -0.528. The number of allylic oxidation sites excluding steroid dienone is 2. The van der Waals surface area contributed by atoms with E-state index in [9.17, 15) is 14.4 Å². The summed E-state index contributed by atoms with van der Waals surface area (Å²) in [5.74, 6) is -2.38. The number of nitrogens with zero attached hydrogens (tertiary/aromatic N) is 1. The SMILES string of the molecule is O=C(NN1C(=O)[C@@H]2[C@H](C1=O)[C@H](c1ccccc1)C=C[C@@H]2c1ccccc1)C1CC1. The molecule has 29 heavy (non-hydrogen) atoms. The molecule has 1 aliphatic heterocycles. The summed E-state index contributed by atoms with van der Waals surface area (Å²) in [7, 11) is 0. The van der Waals surface area contributed by atoms with Crippen LogP contribution in [0, 0.1) is 17.8 Å². The summed E-state index contributed by atoms with van der Waals surface area (Å²) in [5.41, 5.74) is 4.61. The van der Waals surface area contributed by atoms with Crippen LogP contribution in [0.2, 0.25) is 0 Å². The average Bonchev–Trinajstić information content (AvgIpc) is 3.59. The lowest BCUT2D eigenvalue weighted by atomic mass is 9.68. The monoisotopic (exact) mass is 386 g/mol. The Kier molecular flexibility index (Phi) is 4.31. The highest BCUT2D eigenvalue weighted by atomic mass is 16.2. The zero-order chi connectivity index (χ0) is 20.0. The van der Waals surface area contributed by atoms with Crippen LogP contribution in [0.5, 0.6) is 0 Å². The van der Waals surface area contributed by atoms with E-state index in [1.165, 1.54) is 0 Å². The lowest BCUT2D eigenvalue weighted by Crippen LogP contribution is -2.47. The summed E-state index contributed by atoms with van der Waals surface area (Å²) in [6.07, 6.45) is 5.72. The molecule has 2 aromatic carbocycles. The van der Waals surface area contributed by atoms with Crippen LogP contribution >= 0.6 is 0 Å². The highest BCUT2D eigenvalue weighted by molar-refractivity contribution is 6.07. The molecule has 0 unspecified atom stereocenters. The van der Waals surface area contributed by atoms with Crippen molar-refractivity contribution >= 4 is 17.7 Å². The number of hydrazine groups is 1. The molecule has 146 valence electrons. The fourth-order valence-electron chi connectivity index (χ4n) is 4.59. The van der Waals surface area contributed by atoms with Crippen LogP contribution in [-0.2, 0) is 14.4 Å². The number of carbonyl (C=O) groups excluding carboxylic acids is 3. The fraction of sp³-hybridized carbons (Fsp3) is 0.292. The smallest absolute Gasteiger partial charge is 0.253 e. The van der Waals surface area contributed by atoms with Gasteiger partial charge < -0.3 is 0 Å². The second-order valence-electron chi connectivity index (χ2n) is 8.07. The van der Waals surface area contributed by atoms with Gasteiger partial charge in [-0.2, -0.15) is 5.01 Å². The van der Waals surface area contributed by atoms with E-state index in [1.807, 2.05) is 72.8 Å². The van der Waals surface area contributed by atoms with Crippen LogP contribution in [0.1, 0.15) is 35.8 Å². The predicted molar refractivity (Wildman–Crippen MR) is 107 cm³/mol. The molecule has 4 atom stereocenters. The quantitative estimate of drug-likeness (QED) is 0.648. The minimum Gasteiger partial charge on any atom is -0.273 e. The summed E-state index contributed by atoms with van der Waals surface area (Å²) in [5, 5.41) is 0.995. The summed E-state index contributed by atoms with van der Waals surface area (Å²) in [4.78, 5) is 39.0. The van der Waals surface area contributed by atoms with Crippen molar-refractivity contribution in [2.75, 3.05) is 0 Å². The molecular weight excluding hydrogens is 364 g/mol. The van der Waals surface area contributed by atoms with E-state index in [0.29, 0.717) is 0 Å². The van der Waals surface area contributed by atoms with Gasteiger partial charge in [-0.05, 0) is 24.0 Å². The summed E-state index contributed by atoms with van der Waals surface area (Å²) < 4.78 is 0. The molecule has 1 saturated heterocycles. The number of carbonyl (C=O) groups is 3. The Balaban J connectivity index is 1.55. The van der Waals surface area contributed by atoms with Gasteiger partial charge in [-0.15, -0.1) is 0 Å². The van der Waals surface area contributed by atoms with Crippen LogP contribution in [0.4, 0.5) is 0 Å². The maximum Gasteiger partial charge on any atom is 0.253 e. The molecule has 0 aromatic heterocycles. The third-order valence-electron chi connectivity index (χ3n) is 6.24. The first-order chi connectivity index (χ1) is 14.1. The predicted octanol–water partition coefficient (Wildman–Crippen LogP) is 3.17. The molecule has 2 fully saturated rings. The number of amides is 3. The van der Waals surface area contributed by atoms with Crippen LogP contribution < -0.4 is 5.43 Å². The molecule has 1 heterocycles. The number of fused-ring (bicyclic) bond motifs is 1. The number of hydrogen-bond acceptors (Lipinski definition) is 3. The van der Waals surface area contributed by atoms with Gasteiger partial charge >= 0.3 is 0 Å². The summed E-state index contributed by atoms with van der Waals surface area (Å²) >= 11 is 0. The van der Waals surface area contributed by atoms with Gasteiger partial charge in [-0.1, -0.05) is 72.8 Å². The van der Waals surface area contributed by atoms with Crippen molar-refractivity contribution < 1.29 is 14.4 Å². The fourth-order valence-corrected chi connectivity index (χ4v) is 4.59. The van der Waals surface area contributed by atoms with Gasteiger partial charge in [0, 0.05) is 17.8 Å². The molecule has 0 spiro atoms. The molecule has 5 nitrogen and oxygen atoms in total. The minimum absolute atomic E-state index is 0.0776. The largest absolute Gasteiger partial charge is 0.273 e. The Morgan fingerprint density at radius 2 is 1.21 bits per heavy atom. The zero-order valence-corrected chi connectivity index (χ0v) is 15.9. The number of imide groups is 1. The van der Waals surface area contributed by atoms with Gasteiger partial charge in [0.2, 0.25) is 5.91 Å². The Bertz CT molecular complexity index is 914. The highest BCUT2D eigenvalue weighted by Gasteiger charge is 2.56. The molecule has 1 N–H and O–H groups in total. The van der Waals surface area contributed by atoms with Gasteiger partial charge in [0.1, 0.15) is 0 Å². The van der Waals surface area contributed by atoms with Gasteiger partial charge in [0.15, 0.2) is 0 Å². The molecule has 2 aliphatic carbocycles. The van der Waals surface area contributed by atoms with E-state index in [0.717, 1.165) is 29.0 Å². The zero-order valence-electron chi connectivity index (χ0n) is 15.9. The molecule has 0 radical (unpaired) electrons. The topological polar surface area (TPSA) is 66.5 Å². The summed E-state index contributed by atoms with van der Waals surface area (Å²) in [6, 6.07) is 19.6. The lowest BCUT2D eigenvalue weighted by Gasteiger charge is -2.32. The van der Waals surface area contributed by atoms with E-state index < -0.39 is 11.8 Å². The maximum atomic E-state index is 13.3.